The lowest BCUT2D eigenvalue weighted by Crippen LogP contribution is -2.21. The Hall–Kier alpha value is -1.39. The van der Waals surface area contributed by atoms with E-state index in [-0.39, 0.29) is 0 Å². The summed E-state index contributed by atoms with van der Waals surface area (Å²) in [6.07, 6.45) is 1.98. The summed E-state index contributed by atoms with van der Waals surface area (Å²) in [5.74, 6) is 0. The Morgan fingerprint density at radius 2 is 1.84 bits per heavy atom. The van der Waals surface area contributed by atoms with Crippen LogP contribution in [0.1, 0.15) is 24.3 Å². The van der Waals surface area contributed by atoms with Gasteiger partial charge in [0.2, 0.25) is 0 Å². The number of nitrogens with one attached hydrogen (secondary N) is 1. The third-order valence-electron chi connectivity index (χ3n) is 3.05. The molecule has 2 aromatic rings. The molecule has 1 aromatic heterocycles. The summed E-state index contributed by atoms with van der Waals surface area (Å²) in [4.78, 5) is 8.06. The molecule has 0 spiro atoms. The molecule has 102 valence electrons. The predicted octanol–water partition coefficient (Wildman–Crippen LogP) is 3.28. The van der Waals surface area contributed by atoms with Crippen molar-refractivity contribution in [1.29, 1.82) is 0 Å². The van der Waals surface area contributed by atoms with Gasteiger partial charge in [0.1, 0.15) is 0 Å². The van der Waals surface area contributed by atoms with Gasteiger partial charge in [0.25, 0.3) is 0 Å². The maximum Gasteiger partial charge on any atom is 0.185 e. The first-order valence-corrected chi connectivity index (χ1v) is 7.59. The number of hydrogen-bond donors (Lipinski definition) is 1. The first-order valence-electron chi connectivity index (χ1n) is 6.77. The van der Waals surface area contributed by atoms with Crippen molar-refractivity contribution in [1.82, 2.24) is 10.3 Å². The fraction of sp³-hybridized carbons (Fsp3) is 0.400. The fourth-order valence-corrected chi connectivity index (χ4v) is 2.95. The van der Waals surface area contributed by atoms with Crippen LogP contribution in [0.15, 0.2) is 36.5 Å². The van der Waals surface area contributed by atoms with Crippen LogP contribution in [-0.4, -0.2) is 18.1 Å². The molecule has 4 heteroatoms. The number of benzene rings is 1. The Kier molecular flexibility index (Phi) is 5.36. The summed E-state index contributed by atoms with van der Waals surface area (Å²) in [6, 6.07) is 10.5. The molecule has 3 nitrogen and oxygen atoms in total. The van der Waals surface area contributed by atoms with E-state index in [4.69, 9.17) is 0 Å². The lowest BCUT2D eigenvalue weighted by molar-refractivity contribution is 0.700. The molecule has 0 fully saturated rings. The van der Waals surface area contributed by atoms with E-state index in [0.29, 0.717) is 0 Å². The molecule has 1 N–H and O–H groups in total. The Morgan fingerprint density at radius 1 is 1.11 bits per heavy atom. The highest BCUT2D eigenvalue weighted by molar-refractivity contribution is 7.15. The molecule has 0 unspecified atom stereocenters. The monoisotopic (exact) mass is 275 g/mol. The number of aromatic nitrogens is 1. The van der Waals surface area contributed by atoms with Crippen molar-refractivity contribution >= 4 is 16.5 Å². The first kappa shape index (κ1) is 14.0. The second kappa shape index (κ2) is 7.26. The van der Waals surface area contributed by atoms with Crippen molar-refractivity contribution in [3.63, 3.8) is 0 Å². The van der Waals surface area contributed by atoms with Crippen LogP contribution in [0, 0.1) is 0 Å². The van der Waals surface area contributed by atoms with E-state index in [9.17, 15) is 0 Å². The molecule has 0 amide bonds. The van der Waals surface area contributed by atoms with E-state index in [1.807, 2.05) is 12.3 Å². The van der Waals surface area contributed by atoms with E-state index in [1.54, 1.807) is 11.3 Å². The number of hydrogen-bond acceptors (Lipinski definition) is 4. The average Bonchev–Trinajstić information content (AvgIpc) is 2.90. The van der Waals surface area contributed by atoms with Gasteiger partial charge in [-0.2, -0.15) is 0 Å². The zero-order valence-electron chi connectivity index (χ0n) is 11.6. The number of nitrogens with zero attached hydrogens (tertiary/aromatic N) is 2. The molecular weight excluding hydrogens is 254 g/mol. The van der Waals surface area contributed by atoms with E-state index in [2.05, 4.69) is 53.3 Å². The van der Waals surface area contributed by atoms with Gasteiger partial charge in [-0.25, -0.2) is 4.98 Å². The minimum Gasteiger partial charge on any atom is -0.349 e. The summed E-state index contributed by atoms with van der Waals surface area (Å²) in [5.41, 5.74) is 1.32. The molecule has 0 saturated heterocycles. The Balaban J connectivity index is 1.83. The lowest BCUT2D eigenvalue weighted by atomic mass is 10.2. The molecule has 0 atom stereocenters. The van der Waals surface area contributed by atoms with Crippen LogP contribution in [0.25, 0.3) is 0 Å². The second-order valence-corrected chi connectivity index (χ2v) is 5.46. The molecule has 2 rings (SSSR count). The van der Waals surface area contributed by atoms with Gasteiger partial charge < -0.3 is 10.2 Å². The van der Waals surface area contributed by atoms with Crippen LogP contribution < -0.4 is 10.2 Å². The van der Waals surface area contributed by atoms with Gasteiger partial charge in [0.05, 0.1) is 0 Å². The van der Waals surface area contributed by atoms with E-state index < -0.39 is 0 Å². The quantitative estimate of drug-likeness (QED) is 0.840. The smallest absolute Gasteiger partial charge is 0.185 e. The predicted molar refractivity (Wildman–Crippen MR) is 82.7 cm³/mol. The summed E-state index contributed by atoms with van der Waals surface area (Å²) in [6.45, 7) is 8.14. The zero-order chi connectivity index (χ0) is 13.5. The highest BCUT2D eigenvalue weighted by atomic mass is 32.1. The van der Waals surface area contributed by atoms with Crippen LogP contribution in [0.2, 0.25) is 0 Å². The van der Waals surface area contributed by atoms with Crippen LogP contribution in [-0.2, 0) is 13.1 Å². The van der Waals surface area contributed by atoms with Crippen molar-refractivity contribution in [3.8, 4) is 0 Å². The highest BCUT2D eigenvalue weighted by Gasteiger charge is 2.07. The van der Waals surface area contributed by atoms with E-state index >= 15 is 0 Å². The van der Waals surface area contributed by atoms with Crippen LogP contribution in [0.3, 0.4) is 0 Å². The normalized spacial score (nSPS) is 10.6. The van der Waals surface area contributed by atoms with Gasteiger partial charge in [-0.05, 0) is 19.4 Å². The topological polar surface area (TPSA) is 28.2 Å². The highest BCUT2D eigenvalue weighted by Crippen LogP contribution is 2.22. The van der Waals surface area contributed by atoms with Gasteiger partial charge in [0.15, 0.2) is 5.13 Å². The second-order valence-electron chi connectivity index (χ2n) is 4.37. The summed E-state index contributed by atoms with van der Waals surface area (Å²) in [7, 11) is 0. The SMILES string of the molecule is CCN(CC)c1ncc(CNCc2ccccc2)s1. The minimum atomic E-state index is 0.883. The summed E-state index contributed by atoms with van der Waals surface area (Å²) in [5, 5.41) is 4.58. The molecule has 19 heavy (non-hydrogen) atoms. The molecule has 0 aliphatic heterocycles. The first-order chi connectivity index (χ1) is 9.33. The molecular formula is C15H21N3S. The molecule has 0 saturated carbocycles. The molecule has 0 aliphatic carbocycles. The molecule has 1 aromatic carbocycles. The van der Waals surface area contributed by atoms with Crippen molar-refractivity contribution in [3.05, 3.63) is 47.0 Å². The van der Waals surface area contributed by atoms with Crippen molar-refractivity contribution in [2.75, 3.05) is 18.0 Å². The lowest BCUT2D eigenvalue weighted by Gasteiger charge is -2.16. The average molecular weight is 275 g/mol. The third-order valence-corrected chi connectivity index (χ3v) is 4.10. The molecule has 0 bridgehead atoms. The number of rotatable bonds is 7. The van der Waals surface area contributed by atoms with Crippen molar-refractivity contribution < 1.29 is 0 Å². The minimum absolute atomic E-state index is 0.883. The van der Waals surface area contributed by atoms with Crippen molar-refractivity contribution in [2.45, 2.75) is 26.9 Å². The number of anilines is 1. The van der Waals surface area contributed by atoms with Gasteiger partial charge in [0, 0.05) is 37.3 Å². The summed E-state index contributed by atoms with van der Waals surface area (Å²) < 4.78 is 0. The van der Waals surface area contributed by atoms with Crippen LogP contribution in [0.5, 0.6) is 0 Å². The van der Waals surface area contributed by atoms with E-state index in [1.165, 1.54) is 10.4 Å². The van der Waals surface area contributed by atoms with Gasteiger partial charge in [-0.3, -0.25) is 0 Å². The summed E-state index contributed by atoms with van der Waals surface area (Å²) >= 11 is 1.78. The third kappa shape index (κ3) is 4.04. The zero-order valence-corrected chi connectivity index (χ0v) is 12.4. The molecule has 1 heterocycles. The maximum absolute atomic E-state index is 4.49. The van der Waals surface area contributed by atoms with Crippen LogP contribution >= 0.6 is 11.3 Å². The van der Waals surface area contributed by atoms with Crippen LogP contribution in [0.4, 0.5) is 5.13 Å². The Morgan fingerprint density at radius 3 is 2.53 bits per heavy atom. The molecule has 0 aliphatic rings. The van der Waals surface area contributed by atoms with Gasteiger partial charge in [-0.1, -0.05) is 30.3 Å². The standard InChI is InChI=1S/C15H21N3S/c1-3-18(4-2)15-17-12-14(19-15)11-16-10-13-8-6-5-7-9-13/h5-9,12,16H,3-4,10-11H2,1-2H3. The maximum atomic E-state index is 4.49. The molecule has 0 radical (unpaired) electrons. The van der Waals surface area contributed by atoms with E-state index in [0.717, 1.165) is 31.3 Å². The Labute approximate surface area is 119 Å². The Bertz CT molecular complexity index is 477. The van der Waals surface area contributed by atoms with Gasteiger partial charge >= 0.3 is 0 Å². The van der Waals surface area contributed by atoms with Crippen molar-refractivity contribution in [2.24, 2.45) is 0 Å². The largest absolute Gasteiger partial charge is 0.349 e. The fourth-order valence-electron chi connectivity index (χ4n) is 1.95. The number of thiazole rings is 1. The van der Waals surface area contributed by atoms with Gasteiger partial charge in [-0.15, -0.1) is 11.3 Å².